The molecule has 1 saturated heterocycles. The summed E-state index contributed by atoms with van der Waals surface area (Å²) >= 11 is 5.74. The Labute approximate surface area is 136 Å². The summed E-state index contributed by atoms with van der Waals surface area (Å²) < 4.78 is 5.43. The van der Waals surface area contributed by atoms with Gasteiger partial charge in [0.15, 0.2) is 0 Å². The second kappa shape index (κ2) is 7.24. The first-order valence-electron chi connectivity index (χ1n) is 7.50. The number of hydrogen-bond acceptors (Lipinski definition) is 5. The molecule has 0 aromatic carbocycles. The first-order chi connectivity index (χ1) is 10.3. The lowest BCUT2D eigenvalue weighted by Gasteiger charge is -2.26. The minimum atomic E-state index is -0.456. The van der Waals surface area contributed by atoms with Gasteiger partial charge in [0.05, 0.1) is 18.1 Å². The zero-order chi connectivity index (χ0) is 16.2. The van der Waals surface area contributed by atoms with Crippen molar-refractivity contribution in [2.45, 2.75) is 39.3 Å². The number of hydrogen-bond donors (Lipinski definition) is 0. The van der Waals surface area contributed by atoms with Crippen LogP contribution in [0.2, 0.25) is 5.15 Å². The minimum Gasteiger partial charge on any atom is -0.444 e. The van der Waals surface area contributed by atoms with Crippen molar-refractivity contribution in [3.63, 3.8) is 0 Å². The minimum absolute atomic E-state index is 0.236. The Morgan fingerprint density at radius 3 is 2.64 bits per heavy atom. The van der Waals surface area contributed by atoms with E-state index in [1.165, 1.54) is 0 Å². The Morgan fingerprint density at radius 1 is 1.23 bits per heavy atom. The normalized spacial score (nSPS) is 17.2. The third-order valence-electron chi connectivity index (χ3n) is 3.30. The van der Waals surface area contributed by atoms with Gasteiger partial charge in [0, 0.05) is 32.7 Å². The molecule has 1 aliphatic rings. The highest BCUT2D eigenvalue weighted by atomic mass is 35.5. The zero-order valence-electron chi connectivity index (χ0n) is 13.4. The number of nitrogens with zero attached hydrogens (tertiary/aromatic N) is 4. The monoisotopic (exact) mass is 326 g/mol. The molecule has 0 unspecified atom stereocenters. The topological polar surface area (TPSA) is 58.6 Å². The van der Waals surface area contributed by atoms with Crippen LogP contribution in [0.15, 0.2) is 12.4 Å². The van der Waals surface area contributed by atoms with Crippen molar-refractivity contribution in [2.24, 2.45) is 0 Å². The van der Waals surface area contributed by atoms with Crippen molar-refractivity contribution < 1.29 is 9.53 Å². The van der Waals surface area contributed by atoms with Crippen LogP contribution in [0.5, 0.6) is 0 Å². The van der Waals surface area contributed by atoms with Crippen molar-refractivity contribution in [3.05, 3.63) is 23.2 Å². The van der Waals surface area contributed by atoms with E-state index < -0.39 is 5.60 Å². The van der Waals surface area contributed by atoms with Gasteiger partial charge in [-0.15, -0.1) is 0 Å². The summed E-state index contributed by atoms with van der Waals surface area (Å²) in [6, 6.07) is 0. The van der Waals surface area contributed by atoms with E-state index in [-0.39, 0.29) is 6.09 Å². The van der Waals surface area contributed by atoms with Crippen molar-refractivity contribution in [1.29, 1.82) is 0 Å². The van der Waals surface area contributed by atoms with Gasteiger partial charge in [-0.25, -0.2) is 9.78 Å². The van der Waals surface area contributed by atoms with E-state index >= 15 is 0 Å². The average molecular weight is 327 g/mol. The number of halogens is 1. The predicted octanol–water partition coefficient (Wildman–Crippen LogP) is 2.57. The zero-order valence-corrected chi connectivity index (χ0v) is 14.1. The summed E-state index contributed by atoms with van der Waals surface area (Å²) in [5.74, 6) is 0. The van der Waals surface area contributed by atoms with E-state index in [1.807, 2.05) is 20.8 Å². The molecule has 1 amide bonds. The van der Waals surface area contributed by atoms with Crippen LogP contribution in [0.1, 0.15) is 32.9 Å². The van der Waals surface area contributed by atoms with E-state index in [0.717, 1.165) is 31.7 Å². The summed E-state index contributed by atoms with van der Waals surface area (Å²) in [6.07, 6.45) is 3.93. The maximum Gasteiger partial charge on any atom is 0.410 e. The predicted molar refractivity (Wildman–Crippen MR) is 84.7 cm³/mol. The molecule has 122 valence electrons. The SMILES string of the molecule is CC(C)(C)OC(=O)N1CCCN(Cc2cnc(Cl)cn2)CC1. The Morgan fingerprint density at radius 2 is 2.00 bits per heavy atom. The van der Waals surface area contributed by atoms with E-state index in [0.29, 0.717) is 18.2 Å². The van der Waals surface area contributed by atoms with Crippen LogP contribution in [0.3, 0.4) is 0 Å². The molecule has 0 bridgehead atoms. The van der Waals surface area contributed by atoms with Gasteiger partial charge >= 0.3 is 6.09 Å². The molecule has 0 radical (unpaired) electrons. The molecule has 2 heterocycles. The van der Waals surface area contributed by atoms with Crippen LogP contribution < -0.4 is 0 Å². The molecule has 0 spiro atoms. The van der Waals surface area contributed by atoms with Gasteiger partial charge in [0.25, 0.3) is 0 Å². The number of ether oxygens (including phenoxy) is 1. The highest BCUT2D eigenvalue weighted by Gasteiger charge is 2.24. The fraction of sp³-hybridized carbons (Fsp3) is 0.667. The van der Waals surface area contributed by atoms with Crippen molar-refractivity contribution in [1.82, 2.24) is 19.8 Å². The van der Waals surface area contributed by atoms with E-state index in [1.54, 1.807) is 17.3 Å². The number of rotatable bonds is 2. The molecule has 0 aliphatic carbocycles. The third kappa shape index (κ3) is 5.42. The fourth-order valence-corrected chi connectivity index (χ4v) is 2.39. The maximum absolute atomic E-state index is 12.1. The molecular weight excluding hydrogens is 304 g/mol. The lowest BCUT2D eigenvalue weighted by Crippen LogP contribution is -2.39. The number of carbonyl (C=O) groups is 1. The van der Waals surface area contributed by atoms with Crippen LogP contribution in [0.4, 0.5) is 4.79 Å². The Hall–Kier alpha value is -1.40. The van der Waals surface area contributed by atoms with Crippen LogP contribution in [0, 0.1) is 0 Å². The molecule has 0 atom stereocenters. The molecule has 1 aromatic rings. The molecule has 2 rings (SSSR count). The first kappa shape index (κ1) is 17.0. The quantitative estimate of drug-likeness (QED) is 0.836. The molecular formula is C15H23ClN4O2. The largest absolute Gasteiger partial charge is 0.444 e. The second-order valence-electron chi connectivity index (χ2n) is 6.43. The highest BCUT2D eigenvalue weighted by Crippen LogP contribution is 2.13. The van der Waals surface area contributed by atoms with Crippen LogP contribution in [-0.2, 0) is 11.3 Å². The van der Waals surface area contributed by atoms with Crippen molar-refractivity contribution in [2.75, 3.05) is 26.2 Å². The summed E-state index contributed by atoms with van der Waals surface area (Å²) in [5, 5.41) is 0.399. The van der Waals surface area contributed by atoms with E-state index in [4.69, 9.17) is 16.3 Å². The lowest BCUT2D eigenvalue weighted by molar-refractivity contribution is 0.0257. The molecule has 1 fully saturated rings. The Kier molecular flexibility index (Phi) is 5.58. The van der Waals surface area contributed by atoms with Gasteiger partial charge in [-0.3, -0.25) is 9.88 Å². The maximum atomic E-state index is 12.1. The van der Waals surface area contributed by atoms with Gasteiger partial charge in [0.2, 0.25) is 0 Å². The summed E-state index contributed by atoms with van der Waals surface area (Å²) in [7, 11) is 0. The van der Waals surface area contributed by atoms with E-state index in [9.17, 15) is 4.79 Å². The summed E-state index contributed by atoms with van der Waals surface area (Å²) in [4.78, 5) is 24.5. The molecule has 0 N–H and O–H groups in total. The standard InChI is InChI=1S/C15H23ClN4O2/c1-15(2,3)22-14(21)20-6-4-5-19(7-8-20)11-12-9-18-13(16)10-17-12/h9-10H,4-8,11H2,1-3H3. The molecule has 6 nitrogen and oxygen atoms in total. The average Bonchev–Trinajstić information content (AvgIpc) is 2.65. The number of amides is 1. The molecule has 7 heteroatoms. The van der Waals surface area contributed by atoms with Crippen LogP contribution >= 0.6 is 11.6 Å². The van der Waals surface area contributed by atoms with E-state index in [2.05, 4.69) is 14.9 Å². The number of carbonyl (C=O) groups excluding carboxylic acids is 1. The van der Waals surface area contributed by atoms with Gasteiger partial charge < -0.3 is 9.64 Å². The van der Waals surface area contributed by atoms with Gasteiger partial charge in [0.1, 0.15) is 10.8 Å². The highest BCUT2D eigenvalue weighted by molar-refractivity contribution is 6.29. The number of aromatic nitrogens is 2. The van der Waals surface area contributed by atoms with Crippen LogP contribution in [0.25, 0.3) is 0 Å². The van der Waals surface area contributed by atoms with Crippen molar-refractivity contribution >= 4 is 17.7 Å². The van der Waals surface area contributed by atoms with Gasteiger partial charge in [-0.05, 0) is 27.2 Å². The molecule has 1 aromatic heterocycles. The fourth-order valence-electron chi connectivity index (χ4n) is 2.29. The molecule has 22 heavy (non-hydrogen) atoms. The van der Waals surface area contributed by atoms with Gasteiger partial charge in [-0.1, -0.05) is 11.6 Å². The Balaban J connectivity index is 1.87. The first-order valence-corrected chi connectivity index (χ1v) is 7.88. The Bertz CT molecular complexity index is 501. The second-order valence-corrected chi connectivity index (χ2v) is 6.81. The summed E-state index contributed by atoms with van der Waals surface area (Å²) in [5.41, 5.74) is 0.428. The van der Waals surface area contributed by atoms with Crippen LogP contribution in [-0.4, -0.2) is 57.6 Å². The van der Waals surface area contributed by atoms with Gasteiger partial charge in [-0.2, -0.15) is 0 Å². The van der Waals surface area contributed by atoms with Crippen molar-refractivity contribution in [3.8, 4) is 0 Å². The third-order valence-corrected chi connectivity index (χ3v) is 3.49. The smallest absolute Gasteiger partial charge is 0.410 e. The summed E-state index contributed by atoms with van der Waals surface area (Å²) in [6.45, 7) is 9.46. The molecule has 1 aliphatic heterocycles. The molecule has 0 saturated carbocycles. The lowest BCUT2D eigenvalue weighted by atomic mass is 10.2.